The molecule has 1 fully saturated rings. The molecule has 1 atom stereocenters. The lowest BCUT2D eigenvalue weighted by Crippen LogP contribution is -2.52. The van der Waals surface area contributed by atoms with Gasteiger partial charge in [0.1, 0.15) is 17.9 Å². The summed E-state index contributed by atoms with van der Waals surface area (Å²) in [6, 6.07) is 5.93. The maximum Gasteiger partial charge on any atom is 0.280 e. The van der Waals surface area contributed by atoms with E-state index in [0.29, 0.717) is 23.6 Å². The Hall–Kier alpha value is -1.39. The topological polar surface area (TPSA) is 108 Å². The van der Waals surface area contributed by atoms with E-state index >= 15 is 0 Å². The van der Waals surface area contributed by atoms with E-state index in [4.69, 9.17) is 21.5 Å². The highest BCUT2D eigenvalue weighted by atomic mass is 35.5. The van der Waals surface area contributed by atoms with Crippen LogP contribution in [-0.4, -0.2) is 49.1 Å². The molecule has 1 heterocycles. The number of nitrogens with one attached hydrogen (secondary N) is 2. The van der Waals surface area contributed by atoms with Gasteiger partial charge in [0.25, 0.3) is 16.1 Å². The van der Waals surface area contributed by atoms with Gasteiger partial charge in [-0.25, -0.2) is 5.48 Å². The van der Waals surface area contributed by atoms with Crippen LogP contribution in [0.4, 0.5) is 0 Å². The van der Waals surface area contributed by atoms with Crippen molar-refractivity contribution in [3.05, 3.63) is 29.3 Å². The van der Waals surface area contributed by atoms with Crippen LogP contribution in [0.2, 0.25) is 5.02 Å². The quantitative estimate of drug-likeness (QED) is 0.504. The van der Waals surface area contributed by atoms with Crippen LogP contribution in [0.1, 0.15) is 19.8 Å². The first-order valence-electron chi connectivity index (χ1n) is 7.45. The first kappa shape index (κ1) is 18.9. The number of carbonyl (C=O) groups is 1. The molecule has 134 valence electrons. The predicted octanol–water partition coefficient (Wildman–Crippen LogP) is 0.912. The van der Waals surface area contributed by atoms with Gasteiger partial charge in [-0.1, -0.05) is 11.6 Å². The van der Waals surface area contributed by atoms with E-state index in [-0.39, 0.29) is 19.2 Å². The summed E-state index contributed by atoms with van der Waals surface area (Å²) in [6.45, 7) is 1.90. The third kappa shape index (κ3) is 5.05. The van der Waals surface area contributed by atoms with Crippen LogP contribution < -0.4 is 14.9 Å². The molecule has 2 rings (SSSR count). The average Bonchev–Trinajstić information content (AvgIpc) is 2.56. The van der Waals surface area contributed by atoms with Crippen molar-refractivity contribution in [2.45, 2.75) is 31.9 Å². The normalized spacial score (nSPS) is 18.1. The van der Waals surface area contributed by atoms with Crippen molar-refractivity contribution in [1.82, 2.24) is 14.5 Å². The van der Waals surface area contributed by atoms with Gasteiger partial charge in [-0.15, -0.1) is 0 Å². The highest BCUT2D eigenvalue weighted by Crippen LogP contribution is 2.22. The number of piperidine rings is 1. The van der Waals surface area contributed by atoms with Gasteiger partial charge in [-0.2, -0.15) is 17.4 Å². The summed E-state index contributed by atoms with van der Waals surface area (Å²) < 4.78 is 33.7. The van der Waals surface area contributed by atoms with Gasteiger partial charge in [0, 0.05) is 18.1 Å². The SMILES string of the molecule is C[C@@H](NS(=O)(=O)N1CCC(Oc2ccc(Cl)cc2)CC1)C(=O)NO. The lowest BCUT2D eigenvalue weighted by Gasteiger charge is -2.32. The summed E-state index contributed by atoms with van der Waals surface area (Å²) in [7, 11) is -3.80. The Morgan fingerprint density at radius 1 is 1.33 bits per heavy atom. The standard InChI is InChI=1S/C14H20ClN3O5S/c1-10(14(19)16-20)17-24(21,22)18-8-6-13(7-9-18)23-12-4-2-11(15)3-5-12/h2-5,10,13,17,20H,6-9H2,1H3,(H,16,19)/t10-/m1/s1. The molecule has 1 aromatic carbocycles. The fourth-order valence-corrected chi connectivity index (χ4v) is 3.86. The molecule has 0 saturated carbocycles. The second-order valence-corrected chi connectivity index (χ2v) is 7.63. The van der Waals surface area contributed by atoms with Crippen LogP contribution in [0.5, 0.6) is 5.75 Å². The number of hydrogen-bond donors (Lipinski definition) is 3. The highest BCUT2D eigenvalue weighted by Gasteiger charge is 2.31. The van der Waals surface area contributed by atoms with Crippen LogP contribution in [0.15, 0.2) is 24.3 Å². The molecule has 1 saturated heterocycles. The largest absolute Gasteiger partial charge is 0.490 e. The molecule has 10 heteroatoms. The summed E-state index contributed by atoms with van der Waals surface area (Å²) in [5.74, 6) is -0.133. The zero-order chi connectivity index (χ0) is 17.7. The number of hydrogen-bond acceptors (Lipinski definition) is 5. The molecular formula is C14H20ClN3O5S. The third-order valence-corrected chi connectivity index (χ3v) is 5.63. The molecule has 0 radical (unpaired) electrons. The molecule has 8 nitrogen and oxygen atoms in total. The van der Waals surface area contributed by atoms with E-state index in [2.05, 4.69) is 4.72 Å². The van der Waals surface area contributed by atoms with Gasteiger partial charge >= 0.3 is 0 Å². The van der Waals surface area contributed by atoms with Gasteiger partial charge < -0.3 is 4.74 Å². The molecule has 0 bridgehead atoms. The Morgan fingerprint density at radius 2 is 1.92 bits per heavy atom. The fourth-order valence-electron chi connectivity index (χ4n) is 2.34. The van der Waals surface area contributed by atoms with Gasteiger partial charge in [-0.05, 0) is 44.0 Å². The lowest BCUT2D eigenvalue weighted by atomic mass is 10.1. The third-order valence-electron chi connectivity index (χ3n) is 3.69. The number of halogens is 1. The zero-order valence-corrected chi connectivity index (χ0v) is 14.7. The number of nitrogens with zero attached hydrogens (tertiary/aromatic N) is 1. The minimum Gasteiger partial charge on any atom is -0.490 e. The molecule has 0 spiro atoms. The summed E-state index contributed by atoms with van der Waals surface area (Å²) in [4.78, 5) is 11.2. The second-order valence-electron chi connectivity index (χ2n) is 5.49. The zero-order valence-electron chi connectivity index (χ0n) is 13.1. The minimum atomic E-state index is -3.80. The van der Waals surface area contributed by atoms with Crippen LogP contribution >= 0.6 is 11.6 Å². The molecule has 1 aliphatic heterocycles. The van der Waals surface area contributed by atoms with Crippen molar-refractivity contribution < 1.29 is 23.2 Å². The van der Waals surface area contributed by atoms with Gasteiger partial charge in [0.05, 0.1) is 0 Å². The molecule has 3 N–H and O–H groups in total. The van der Waals surface area contributed by atoms with E-state index in [1.165, 1.54) is 16.7 Å². The Kier molecular flexibility index (Phi) is 6.41. The first-order valence-corrected chi connectivity index (χ1v) is 9.27. The molecule has 1 aliphatic rings. The minimum absolute atomic E-state index is 0.0872. The van der Waals surface area contributed by atoms with Crippen LogP contribution in [0.3, 0.4) is 0 Å². The second kappa shape index (κ2) is 8.13. The average molecular weight is 378 g/mol. The van der Waals surface area contributed by atoms with E-state index in [9.17, 15) is 13.2 Å². The number of carbonyl (C=O) groups excluding carboxylic acids is 1. The van der Waals surface area contributed by atoms with Crippen molar-refractivity contribution in [3.63, 3.8) is 0 Å². The first-order chi connectivity index (χ1) is 11.3. The predicted molar refractivity (Wildman–Crippen MR) is 88.1 cm³/mol. The Bertz CT molecular complexity index is 659. The Balaban J connectivity index is 1.87. The molecule has 0 unspecified atom stereocenters. The molecule has 1 aromatic rings. The molecule has 0 aromatic heterocycles. The maximum atomic E-state index is 12.2. The van der Waals surface area contributed by atoms with Gasteiger partial charge in [0.15, 0.2) is 0 Å². The highest BCUT2D eigenvalue weighted by molar-refractivity contribution is 7.87. The van der Waals surface area contributed by atoms with Crippen molar-refractivity contribution in [3.8, 4) is 5.75 Å². The van der Waals surface area contributed by atoms with E-state index in [1.54, 1.807) is 24.3 Å². The number of rotatable bonds is 6. The number of amides is 1. The number of ether oxygens (including phenoxy) is 1. The van der Waals surface area contributed by atoms with Crippen molar-refractivity contribution in [2.75, 3.05) is 13.1 Å². The molecule has 24 heavy (non-hydrogen) atoms. The smallest absolute Gasteiger partial charge is 0.280 e. The molecule has 0 aliphatic carbocycles. The van der Waals surface area contributed by atoms with Crippen molar-refractivity contribution in [2.24, 2.45) is 0 Å². The number of hydroxylamine groups is 1. The lowest BCUT2D eigenvalue weighted by molar-refractivity contribution is -0.130. The number of benzene rings is 1. The van der Waals surface area contributed by atoms with Crippen molar-refractivity contribution in [1.29, 1.82) is 0 Å². The van der Waals surface area contributed by atoms with Gasteiger partial charge in [-0.3, -0.25) is 10.0 Å². The summed E-state index contributed by atoms with van der Waals surface area (Å²) in [5.41, 5.74) is 1.41. The summed E-state index contributed by atoms with van der Waals surface area (Å²) >= 11 is 5.82. The van der Waals surface area contributed by atoms with E-state index in [0.717, 1.165) is 0 Å². The van der Waals surface area contributed by atoms with Crippen molar-refractivity contribution >= 4 is 27.7 Å². The van der Waals surface area contributed by atoms with E-state index in [1.807, 2.05) is 0 Å². The maximum absolute atomic E-state index is 12.2. The van der Waals surface area contributed by atoms with Crippen LogP contribution in [0.25, 0.3) is 0 Å². The Labute approximate surface area is 145 Å². The molecular weight excluding hydrogens is 358 g/mol. The summed E-state index contributed by atoms with van der Waals surface area (Å²) in [5, 5.41) is 9.15. The van der Waals surface area contributed by atoms with Crippen LogP contribution in [0, 0.1) is 0 Å². The molecule has 1 amide bonds. The van der Waals surface area contributed by atoms with Gasteiger partial charge in [0.2, 0.25) is 0 Å². The fraction of sp³-hybridized carbons (Fsp3) is 0.500. The monoisotopic (exact) mass is 377 g/mol. The Morgan fingerprint density at radius 3 is 2.46 bits per heavy atom. The summed E-state index contributed by atoms with van der Waals surface area (Å²) in [6.07, 6.45) is 0.976. The van der Waals surface area contributed by atoms with E-state index < -0.39 is 22.2 Å². The van der Waals surface area contributed by atoms with Crippen LogP contribution in [-0.2, 0) is 15.0 Å².